The van der Waals surface area contributed by atoms with E-state index in [1.165, 1.54) is 18.2 Å². The molecule has 0 aliphatic rings. The number of rotatable bonds is 5. The average molecular weight is 494 g/mol. The molecule has 164 valence electrons. The number of hydrogen-bond acceptors (Lipinski definition) is 4. The van der Waals surface area contributed by atoms with Gasteiger partial charge < -0.3 is 9.84 Å². The standard InChI is InChI=1S/C22H16Cl3FN4O2/c1-11-21(12(2)30(28-11)10-15-16(24)4-3-5-18(15)26)27-22(31)19-9-20(32-29-19)14-7-6-13(23)8-17(14)25/h3-9H,10H2,1-2H3,(H,27,31). The van der Waals surface area contributed by atoms with Gasteiger partial charge in [0, 0.05) is 27.2 Å². The molecule has 4 rings (SSSR count). The van der Waals surface area contributed by atoms with E-state index in [9.17, 15) is 9.18 Å². The van der Waals surface area contributed by atoms with Gasteiger partial charge in [0.1, 0.15) is 5.82 Å². The van der Waals surface area contributed by atoms with Gasteiger partial charge in [-0.3, -0.25) is 9.48 Å². The largest absolute Gasteiger partial charge is 0.355 e. The molecule has 0 aliphatic heterocycles. The highest BCUT2D eigenvalue weighted by atomic mass is 35.5. The van der Waals surface area contributed by atoms with Crippen molar-refractivity contribution < 1.29 is 13.7 Å². The second-order valence-electron chi connectivity index (χ2n) is 7.06. The molecule has 32 heavy (non-hydrogen) atoms. The van der Waals surface area contributed by atoms with Crippen molar-refractivity contribution in [1.82, 2.24) is 14.9 Å². The Labute approximate surface area is 197 Å². The topological polar surface area (TPSA) is 73.0 Å². The molecule has 0 atom stereocenters. The monoisotopic (exact) mass is 492 g/mol. The first-order valence-electron chi connectivity index (χ1n) is 9.45. The summed E-state index contributed by atoms with van der Waals surface area (Å²) >= 11 is 18.2. The molecule has 0 spiro atoms. The number of aryl methyl sites for hydroxylation is 1. The van der Waals surface area contributed by atoms with Gasteiger partial charge >= 0.3 is 0 Å². The molecule has 2 aromatic heterocycles. The molecular weight excluding hydrogens is 478 g/mol. The number of nitrogens with zero attached hydrogens (tertiary/aromatic N) is 3. The Morgan fingerprint density at radius 2 is 1.91 bits per heavy atom. The quantitative estimate of drug-likeness (QED) is 0.342. The number of carbonyl (C=O) groups is 1. The van der Waals surface area contributed by atoms with Crippen molar-refractivity contribution in [3.8, 4) is 11.3 Å². The summed E-state index contributed by atoms with van der Waals surface area (Å²) in [4.78, 5) is 12.8. The SMILES string of the molecule is Cc1nn(Cc2c(F)cccc2Cl)c(C)c1NC(=O)c1cc(-c2ccc(Cl)cc2Cl)on1. The van der Waals surface area contributed by atoms with Gasteiger partial charge in [-0.2, -0.15) is 5.10 Å². The smallest absolute Gasteiger partial charge is 0.277 e. The summed E-state index contributed by atoms with van der Waals surface area (Å²) in [6.07, 6.45) is 0. The highest BCUT2D eigenvalue weighted by molar-refractivity contribution is 6.36. The summed E-state index contributed by atoms with van der Waals surface area (Å²) in [5, 5.41) is 12.2. The zero-order chi connectivity index (χ0) is 23.0. The Hall–Kier alpha value is -2.87. The lowest BCUT2D eigenvalue weighted by atomic mass is 10.1. The molecular formula is C22H16Cl3FN4O2. The number of aromatic nitrogens is 3. The second-order valence-corrected chi connectivity index (χ2v) is 8.31. The van der Waals surface area contributed by atoms with Crippen LogP contribution in [0.15, 0.2) is 47.0 Å². The Bertz CT molecular complexity index is 1310. The van der Waals surface area contributed by atoms with Crippen molar-refractivity contribution >= 4 is 46.4 Å². The lowest BCUT2D eigenvalue weighted by molar-refractivity contribution is 0.101. The van der Waals surface area contributed by atoms with Crippen molar-refractivity contribution in [2.45, 2.75) is 20.4 Å². The molecule has 0 unspecified atom stereocenters. The number of nitrogens with one attached hydrogen (secondary N) is 1. The molecule has 2 aromatic carbocycles. The summed E-state index contributed by atoms with van der Waals surface area (Å²) in [6.45, 7) is 3.63. The fourth-order valence-electron chi connectivity index (χ4n) is 3.24. The molecule has 0 aliphatic carbocycles. The van der Waals surface area contributed by atoms with Crippen LogP contribution in [0.25, 0.3) is 11.3 Å². The number of carbonyl (C=O) groups excluding carboxylic acids is 1. The van der Waals surface area contributed by atoms with E-state index in [0.717, 1.165) is 0 Å². The third-order valence-electron chi connectivity index (χ3n) is 4.93. The van der Waals surface area contributed by atoms with Crippen LogP contribution in [0.1, 0.15) is 27.4 Å². The van der Waals surface area contributed by atoms with E-state index in [2.05, 4.69) is 15.6 Å². The van der Waals surface area contributed by atoms with Crippen LogP contribution < -0.4 is 5.32 Å². The third kappa shape index (κ3) is 4.37. The molecule has 4 aromatic rings. The predicted molar refractivity (Wildman–Crippen MR) is 122 cm³/mol. The molecule has 6 nitrogen and oxygen atoms in total. The van der Waals surface area contributed by atoms with Crippen LogP contribution in [0, 0.1) is 19.7 Å². The van der Waals surface area contributed by atoms with Gasteiger partial charge in [-0.25, -0.2) is 4.39 Å². The van der Waals surface area contributed by atoms with Gasteiger partial charge in [-0.15, -0.1) is 0 Å². The molecule has 0 saturated carbocycles. The third-order valence-corrected chi connectivity index (χ3v) is 5.83. The van der Waals surface area contributed by atoms with Crippen LogP contribution in [-0.4, -0.2) is 20.8 Å². The Kier molecular flexibility index (Phi) is 6.24. The molecule has 0 saturated heterocycles. The number of benzene rings is 2. The van der Waals surface area contributed by atoms with E-state index in [1.54, 1.807) is 42.8 Å². The minimum Gasteiger partial charge on any atom is -0.355 e. The maximum absolute atomic E-state index is 14.2. The van der Waals surface area contributed by atoms with Crippen LogP contribution in [0.3, 0.4) is 0 Å². The fraction of sp³-hybridized carbons (Fsp3) is 0.136. The van der Waals surface area contributed by atoms with Gasteiger partial charge in [0.25, 0.3) is 5.91 Å². The van der Waals surface area contributed by atoms with E-state index in [-0.39, 0.29) is 12.2 Å². The van der Waals surface area contributed by atoms with Gasteiger partial charge in [-0.1, -0.05) is 46.0 Å². The van der Waals surface area contributed by atoms with Gasteiger partial charge in [-0.05, 0) is 44.2 Å². The molecule has 10 heteroatoms. The van der Waals surface area contributed by atoms with Crippen molar-refractivity contribution in [2.24, 2.45) is 0 Å². The summed E-state index contributed by atoms with van der Waals surface area (Å²) in [5.41, 5.74) is 2.64. The maximum Gasteiger partial charge on any atom is 0.277 e. The summed E-state index contributed by atoms with van der Waals surface area (Å²) in [5.74, 6) is -0.582. The molecule has 1 amide bonds. The van der Waals surface area contributed by atoms with Crippen molar-refractivity contribution in [3.63, 3.8) is 0 Å². The Morgan fingerprint density at radius 3 is 2.62 bits per heavy atom. The number of amides is 1. The molecule has 0 bridgehead atoms. The van der Waals surface area contributed by atoms with Crippen LogP contribution in [0.2, 0.25) is 15.1 Å². The minimum absolute atomic E-state index is 0.0646. The van der Waals surface area contributed by atoms with Crippen LogP contribution in [-0.2, 0) is 6.54 Å². The first-order valence-corrected chi connectivity index (χ1v) is 10.6. The summed E-state index contributed by atoms with van der Waals surface area (Å²) < 4.78 is 21.0. The van der Waals surface area contributed by atoms with Gasteiger partial charge in [0.15, 0.2) is 11.5 Å². The molecule has 2 heterocycles. The zero-order valence-corrected chi connectivity index (χ0v) is 19.2. The highest BCUT2D eigenvalue weighted by Crippen LogP contribution is 2.31. The minimum atomic E-state index is -0.486. The van der Waals surface area contributed by atoms with E-state index in [0.29, 0.717) is 49.0 Å². The van der Waals surface area contributed by atoms with E-state index in [1.807, 2.05) is 0 Å². The molecule has 0 radical (unpaired) electrons. The van der Waals surface area contributed by atoms with Crippen LogP contribution >= 0.6 is 34.8 Å². The number of halogens is 4. The van der Waals surface area contributed by atoms with E-state index in [4.69, 9.17) is 39.3 Å². The van der Waals surface area contributed by atoms with E-state index < -0.39 is 11.7 Å². The second kappa shape index (κ2) is 8.94. The maximum atomic E-state index is 14.2. The first kappa shape index (κ1) is 22.3. The van der Waals surface area contributed by atoms with Crippen molar-refractivity contribution in [2.75, 3.05) is 5.32 Å². The highest BCUT2D eigenvalue weighted by Gasteiger charge is 2.20. The van der Waals surface area contributed by atoms with Crippen molar-refractivity contribution in [1.29, 1.82) is 0 Å². The number of hydrogen-bond donors (Lipinski definition) is 1. The summed E-state index contributed by atoms with van der Waals surface area (Å²) in [7, 11) is 0. The molecule has 0 fully saturated rings. The molecule has 1 N–H and O–H groups in total. The lowest BCUT2D eigenvalue weighted by Gasteiger charge is -2.08. The Balaban J connectivity index is 1.56. The first-order chi connectivity index (χ1) is 15.2. The Morgan fingerprint density at radius 1 is 1.12 bits per heavy atom. The average Bonchev–Trinajstić information content (AvgIpc) is 3.32. The number of anilines is 1. The normalized spacial score (nSPS) is 11.1. The van der Waals surface area contributed by atoms with Crippen LogP contribution in [0.5, 0.6) is 0 Å². The van der Waals surface area contributed by atoms with Gasteiger partial charge in [0.05, 0.1) is 28.6 Å². The fourth-order valence-corrected chi connectivity index (χ4v) is 3.97. The lowest BCUT2D eigenvalue weighted by Crippen LogP contribution is -2.14. The zero-order valence-electron chi connectivity index (χ0n) is 16.9. The van der Waals surface area contributed by atoms with Crippen LogP contribution in [0.4, 0.5) is 10.1 Å². The predicted octanol–water partition coefficient (Wildman–Crippen LogP) is 6.55. The van der Waals surface area contributed by atoms with Gasteiger partial charge in [0.2, 0.25) is 0 Å². The van der Waals surface area contributed by atoms with Crippen molar-refractivity contribution in [3.05, 3.63) is 86.0 Å². The summed E-state index contributed by atoms with van der Waals surface area (Å²) in [6, 6.07) is 10.9. The van der Waals surface area contributed by atoms with E-state index >= 15 is 0 Å².